The molecule has 0 saturated heterocycles. The maximum absolute atomic E-state index is 11.7. The van der Waals surface area contributed by atoms with Crippen LogP contribution in [0, 0.1) is 6.92 Å². The molecular formula is C8H15N3O4S. The Kier molecular flexibility index (Phi) is 4.42. The number of aliphatic hydroxyl groups is 1. The molecular weight excluding hydrogens is 234 g/mol. The van der Waals surface area contributed by atoms with Crippen molar-refractivity contribution in [1.29, 1.82) is 0 Å². The third-order valence-electron chi connectivity index (χ3n) is 1.88. The smallest absolute Gasteiger partial charge is 0.258 e. The molecule has 0 aliphatic heterocycles. The summed E-state index contributed by atoms with van der Waals surface area (Å²) in [6, 6.07) is -0.668. The number of ether oxygens (including phenoxy) is 1. The third-order valence-corrected chi connectivity index (χ3v) is 3.31. The highest BCUT2D eigenvalue weighted by atomic mass is 32.2. The molecule has 0 radical (unpaired) electrons. The highest BCUT2D eigenvalue weighted by Crippen LogP contribution is 2.05. The zero-order valence-electron chi connectivity index (χ0n) is 9.10. The van der Waals surface area contributed by atoms with Crippen LogP contribution in [0.15, 0.2) is 11.2 Å². The number of aromatic amines is 1. The summed E-state index contributed by atoms with van der Waals surface area (Å²) < 4.78 is 30.5. The fourth-order valence-corrected chi connectivity index (χ4v) is 2.32. The summed E-state index contributed by atoms with van der Waals surface area (Å²) in [4.78, 5) is 6.40. The third kappa shape index (κ3) is 3.27. The molecule has 0 fully saturated rings. The molecule has 0 aliphatic carbocycles. The van der Waals surface area contributed by atoms with E-state index < -0.39 is 16.1 Å². The summed E-state index contributed by atoms with van der Waals surface area (Å²) in [7, 11) is -2.25. The minimum atomic E-state index is -3.68. The molecule has 0 bridgehead atoms. The average molecular weight is 249 g/mol. The van der Waals surface area contributed by atoms with Gasteiger partial charge in [-0.1, -0.05) is 0 Å². The van der Waals surface area contributed by atoms with E-state index >= 15 is 0 Å². The van der Waals surface area contributed by atoms with Gasteiger partial charge >= 0.3 is 0 Å². The van der Waals surface area contributed by atoms with Gasteiger partial charge in [-0.25, -0.2) is 18.1 Å². The largest absolute Gasteiger partial charge is 0.395 e. The number of methoxy groups -OCH3 is 1. The van der Waals surface area contributed by atoms with Gasteiger partial charge in [0.1, 0.15) is 5.82 Å². The SMILES string of the molecule is COCC(CO)NS(=O)(=O)c1cnc(C)[nH]1. The Morgan fingerprint density at radius 3 is 2.81 bits per heavy atom. The van der Waals surface area contributed by atoms with Crippen LogP contribution in [0.3, 0.4) is 0 Å². The van der Waals surface area contributed by atoms with Crippen molar-refractivity contribution in [2.75, 3.05) is 20.3 Å². The number of H-pyrrole nitrogens is 1. The number of aryl methyl sites for hydroxylation is 1. The van der Waals surface area contributed by atoms with E-state index in [4.69, 9.17) is 9.84 Å². The monoisotopic (exact) mass is 249 g/mol. The molecule has 1 heterocycles. The van der Waals surface area contributed by atoms with Gasteiger partial charge in [-0.05, 0) is 6.92 Å². The number of hydrogen-bond acceptors (Lipinski definition) is 5. The number of imidazole rings is 1. The molecule has 3 N–H and O–H groups in total. The molecule has 16 heavy (non-hydrogen) atoms. The predicted octanol–water partition coefficient (Wildman–Crippen LogP) is -0.996. The molecule has 0 spiro atoms. The number of nitrogens with one attached hydrogen (secondary N) is 2. The number of aliphatic hydroxyl groups excluding tert-OH is 1. The number of sulfonamides is 1. The molecule has 1 rings (SSSR count). The van der Waals surface area contributed by atoms with Gasteiger partial charge in [0.15, 0.2) is 5.03 Å². The minimum absolute atomic E-state index is 0.0282. The maximum Gasteiger partial charge on any atom is 0.258 e. The topological polar surface area (TPSA) is 104 Å². The van der Waals surface area contributed by atoms with Crippen LogP contribution >= 0.6 is 0 Å². The summed E-state index contributed by atoms with van der Waals surface area (Å²) in [6.07, 6.45) is 1.22. The van der Waals surface area contributed by atoms with Gasteiger partial charge in [0.05, 0.1) is 25.5 Å². The Labute approximate surface area is 93.9 Å². The number of nitrogens with zero attached hydrogens (tertiary/aromatic N) is 1. The lowest BCUT2D eigenvalue weighted by Gasteiger charge is -2.14. The Hall–Kier alpha value is -0.960. The average Bonchev–Trinajstić information content (AvgIpc) is 2.64. The number of hydrogen-bond donors (Lipinski definition) is 3. The second-order valence-electron chi connectivity index (χ2n) is 3.29. The van der Waals surface area contributed by atoms with E-state index in [0.29, 0.717) is 5.82 Å². The van der Waals surface area contributed by atoms with Crippen molar-refractivity contribution in [3.05, 3.63) is 12.0 Å². The number of aromatic nitrogens is 2. The second kappa shape index (κ2) is 5.39. The normalized spacial score (nSPS) is 13.9. The number of rotatable bonds is 6. The van der Waals surface area contributed by atoms with Crippen molar-refractivity contribution in [3.8, 4) is 0 Å². The fourth-order valence-electron chi connectivity index (χ4n) is 1.14. The summed E-state index contributed by atoms with van der Waals surface area (Å²) in [5.74, 6) is 0.507. The van der Waals surface area contributed by atoms with Crippen molar-refractivity contribution in [2.24, 2.45) is 0 Å². The maximum atomic E-state index is 11.7. The molecule has 1 unspecified atom stereocenters. The van der Waals surface area contributed by atoms with Gasteiger partial charge in [0, 0.05) is 7.11 Å². The van der Waals surface area contributed by atoms with Gasteiger partial charge in [-0.15, -0.1) is 0 Å². The summed E-state index contributed by atoms with van der Waals surface area (Å²) >= 11 is 0. The van der Waals surface area contributed by atoms with Crippen molar-refractivity contribution in [2.45, 2.75) is 18.0 Å². The van der Waals surface area contributed by atoms with Crippen molar-refractivity contribution in [3.63, 3.8) is 0 Å². The van der Waals surface area contributed by atoms with E-state index in [0.717, 1.165) is 0 Å². The molecule has 0 amide bonds. The molecule has 1 aromatic rings. The first-order valence-electron chi connectivity index (χ1n) is 4.63. The first-order valence-corrected chi connectivity index (χ1v) is 6.11. The molecule has 8 heteroatoms. The van der Waals surface area contributed by atoms with Gasteiger partial charge < -0.3 is 14.8 Å². The first-order chi connectivity index (χ1) is 7.49. The van der Waals surface area contributed by atoms with E-state index in [1.165, 1.54) is 13.3 Å². The molecule has 0 aliphatic rings. The lowest BCUT2D eigenvalue weighted by Crippen LogP contribution is -2.40. The molecule has 92 valence electrons. The predicted molar refractivity (Wildman–Crippen MR) is 56.4 cm³/mol. The van der Waals surface area contributed by atoms with Crippen LogP contribution in [0.5, 0.6) is 0 Å². The summed E-state index contributed by atoms with van der Waals surface area (Å²) in [5, 5.41) is 8.91. The van der Waals surface area contributed by atoms with Crippen LogP contribution in [-0.4, -0.2) is 49.9 Å². The van der Waals surface area contributed by atoms with Crippen LogP contribution in [0.2, 0.25) is 0 Å². The fraction of sp³-hybridized carbons (Fsp3) is 0.625. The Morgan fingerprint density at radius 2 is 2.38 bits per heavy atom. The highest BCUT2D eigenvalue weighted by Gasteiger charge is 2.21. The Morgan fingerprint density at radius 1 is 1.69 bits per heavy atom. The van der Waals surface area contributed by atoms with Gasteiger partial charge in [0.25, 0.3) is 10.0 Å². The zero-order valence-corrected chi connectivity index (χ0v) is 9.91. The standard InChI is InChI=1S/C8H15N3O4S/c1-6-9-3-8(10-6)16(13,14)11-7(4-12)5-15-2/h3,7,11-12H,4-5H2,1-2H3,(H,9,10). The van der Waals surface area contributed by atoms with Gasteiger partial charge in [-0.3, -0.25) is 0 Å². The second-order valence-corrected chi connectivity index (χ2v) is 4.97. The van der Waals surface area contributed by atoms with E-state index in [2.05, 4.69) is 14.7 Å². The molecule has 1 atom stereocenters. The molecule has 1 aromatic heterocycles. The summed E-state index contributed by atoms with van der Waals surface area (Å²) in [5.41, 5.74) is 0. The van der Waals surface area contributed by atoms with Gasteiger partial charge in [-0.2, -0.15) is 0 Å². The van der Waals surface area contributed by atoms with Crippen LogP contribution < -0.4 is 4.72 Å². The zero-order chi connectivity index (χ0) is 12.2. The molecule has 0 saturated carbocycles. The molecule has 0 aromatic carbocycles. The van der Waals surface area contributed by atoms with E-state index in [9.17, 15) is 8.42 Å². The lowest BCUT2D eigenvalue weighted by atomic mass is 10.4. The van der Waals surface area contributed by atoms with Crippen molar-refractivity contribution >= 4 is 10.0 Å². The minimum Gasteiger partial charge on any atom is -0.395 e. The van der Waals surface area contributed by atoms with E-state index in [1.807, 2.05) is 0 Å². The quantitative estimate of drug-likeness (QED) is 0.600. The van der Waals surface area contributed by atoms with Gasteiger partial charge in [0.2, 0.25) is 0 Å². The molecule has 7 nitrogen and oxygen atoms in total. The van der Waals surface area contributed by atoms with Crippen molar-refractivity contribution < 1.29 is 18.3 Å². The van der Waals surface area contributed by atoms with E-state index in [-0.39, 0.29) is 18.2 Å². The van der Waals surface area contributed by atoms with Crippen LogP contribution in [-0.2, 0) is 14.8 Å². The highest BCUT2D eigenvalue weighted by molar-refractivity contribution is 7.89. The Balaban J connectivity index is 2.78. The lowest BCUT2D eigenvalue weighted by molar-refractivity contribution is 0.139. The Bertz CT molecular complexity index is 428. The van der Waals surface area contributed by atoms with Crippen LogP contribution in [0.4, 0.5) is 0 Å². The first kappa shape index (κ1) is 13.1. The van der Waals surface area contributed by atoms with E-state index in [1.54, 1.807) is 6.92 Å². The summed E-state index contributed by atoms with van der Waals surface area (Å²) in [6.45, 7) is 1.42. The van der Waals surface area contributed by atoms with Crippen LogP contribution in [0.25, 0.3) is 0 Å². The van der Waals surface area contributed by atoms with Crippen LogP contribution in [0.1, 0.15) is 5.82 Å². The van der Waals surface area contributed by atoms with Crippen molar-refractivity contribution in [1.82, 2.24) is 14.7 Å².